The third kappa shape index (κ3) is 4.37. The van der Waals surface area contributed by atoms with E-state index in [4.69, 9.17) is 14.2 Å². The van der Waals surface area contributed by atoms with E-state index in [1.165, 1.54) is 25.8 Å². The summed E-state index contributed by atoms with van der Waals surface area (Å²) >= 11 is 1.18. The molecule has 22 heavy (non-hydrogen) atoms. The highest BCUT2D eigenvalue weighted by molar-refractivity contribution is 8.00. The fourth-order valence-electron chi connectivity index (χ4n) is 2.04. The molecule has 0 saturated carbocycles. The zero-order chi connectivity index (χ0) is 16.1. The molecule has 0 radical (unpaired) electrons. The molecular formula is C15H17FO5S. The minimum absolute atomic E-state index is 0.0771. The number of ether oxygens (including phenoxy) is 3. The fourth-order valence-corrected chi connectivity index (χ4v) is 3.34. The lowest BCUT2D eigenvalue weighted by atomic mass is 10.2. The van der Waals surface area contributed by atoms with Gasteiger partial charge >= 0.3 is 11.9 Å². The maximum Gasteiger partial charge on any atom is 0.338 e. The molecule has 0 unspecified atom stereocenters. The van der Waals surface area contributed by atoms with Crippen molar-refractivity contribution < 1.29 is 28.2 Å². The van der Waals surface area contributed by atoms with E-state index in [0.29, 0.717) is 11.3 Å². The van der Waals surface area contributed by atoms with Gasteiger partial charge in [0.25, 0.3) is 0 Å². The molecule has 0 aromatic heterocycles. The molecule has 1 aromatic carbocycles. The van der Waals surface area contributed by atoms with Gasteiger partial charge in [-0.25, -0.2) is 9.18 Å². The number of esters is 2. The number of hydrogen-bond acceptors (Lipinski definition) is 6. The fraction of sp³-hybridized carbons (Fsp3) is 0.467. The van der Waals surface area contributed by atoms with Crippen LogP contribution < -0.4 is 4.74 Å². The summed E-state index contributed by atoms with van der Waals surface area (Å²) in [6.07, 6.45) is -1.04. The van der Waals surface area contributed by atoms with Crippen LogP contribution in [0.2, 0.25) is 0 Å². The van der Waals surface area contributed by atoms with Gasteiger partial charge in [0.15, 0.2) is 5.44 Å². The third-order valence-corrected chi connectivity index (χ3v) is 4.49. The summed E-state index contributed by atoms with van der Waals surface area (Å²) < 4.78 is 28.7. The lowest BCUT2D eigenvalue weighted by Crippen LogP contribution is -2.18. The summed E-state index contributed by atoms with van der Waals surface area (Å²) in [6.45, 7) is 1.32. The highest BCUT2D eigenvalue weighted by Crippen LogP contribution is 2.37. The minimum atomic E-state index is -1.24. The number of carbonyl (C=O) groups excluding carboxylic acids is 2. The molecule has 1 fully saturated rings. The van der Waals surface area contributed by atoms with E-state index >= 15 is 0 Å². The molecule has 7 heteroatoms. The summed E-state index contributed by atoms with van der Waals surface area (Å²) in [7, 11) is 1.54. The second-order valence-electron chi connectivity index (χ2n) is 4.81. The SMILES string of the molecule is COc1ccc(C(=O)OC[C@@H]2C[C@H](F)[C@H](OC(C)=O)S2)cc1. The first-order valence-corrected chi connectivity index (χ1v) is 7.72. The van der Waals surface area contributed by atoms with Crippen molar-refractivity contribution in [3.63, 3.8) is 0 Å². The predicted octanol–water partition coefficient (Wildman–Crippen LogP) is 2.58. The van der Waals surface area contributed by atoms with Crippen molar-refractivity contribution in [2.24, 2.45) is 0 Å². The Hall–Kier alpha value is -1.76. The second kappa shape index (κ2) is 7.49. The van der Waals surface area contributed by atoms with E-state index in [2.05, 4.69) is 0 Å². The quantitative estimate of drug-likeness (QED) is 0.774. The van der Waals surface area contributed by atoms with Crippen LogP contribution in [0.3, 0.4) is 0 Å². The van der Waals surface area contributed by atoms with E-state index in [-0.39, 0.29) is 18.3 Å². The Balaban J connectivity index is 1.82. The lowest BCUT2D eigenvalue weighted by Gasteiger charge is -2.12. The van der Waals surface area contributed by atoms with Crippen LogP contribution in [0.15, 0.2) is 24.3 Å². The van der Waals surface area contributed by atoms with Gasteiger partial charge in [-0.15, -0.1) is 11.8 Å². The molecule has 0 amide bonds. The number of hydrogen-bond donors (Lipinski definition) is 0. The molecule has 1 saturated heterocycles. The van der Waals surface area contributed by atoms with E-state index < -0.39 is 23.5 Å². The van der Waals surface area contributed by atoms with Gasteiger partial charge in [-0.05, 0) is 30.7 Å². The van der Waals surface area contributed by atoms with Gasteiger partial charge in [0.05, 0.1) is 12.7 Å². The number of benzene rings is 1. The Morgan fingerprint density at radius 1 is 1.32 bits per heavy atom. The second-order valence-corrected chi connectivity index (χ2v) is 6.22. The van der Waals surface area contributed by atoms with Crippen LogP contribution in [0.5, 0.6) is 5.75 Å². The molecule has 5 nitrogen and oxygen atoms in total. The summed E-state index contributed by atoms with van der Waals surface area (Å²) in [5, 5.41) is -0.221. The molecule has 1 aliphatic rings. The number of carbonyl (C=O) groups is 2. The topological polar surface area (TPSA) is 61.8 Å². The van der Waals surface area contributed by atoms with Crippen LogP contribution in [0.4, 0.5) is 4.39 Å². The van der Waals surface area contributed by atoms with E-state index in [1.54, 1.807) is 24.3 Å². The average molecular weight is 328 g/mol. The monoisotopic (exact) mass is 328 g/mol. The zero-order valence-corrected chi connectivity index (χ0v) is 13.1. The summed E-state index contributed by atoms with van der Waals surface area (Å²) in [5.74, 6) is -0.349. The Kier molecular flexibility index (Phi) is 5.65. The number of thioether (sulfide) groups is 1. The molecule has 1 heterocycles. The summed E-state index contributed by atoms with van der Waals surface area (Å²) in [6, 6.07) is 6.52. The van der Waals surface area contributed by atoms with Crippen LogP contribution >= 0.6 is 11.8 Å². The smallest absolute Gasteiger partial charge is 0.338 e. The molecule has 3 atom stereocenters. The first-order valence-electron chi connectivity index (χ1n) is 6.77. The number of rotatable bonds is 5. The van der Waals surface area contributed by atoms with Crippen molar-refractivity contribution in [2.45, 2.75) is 30.2 Å². The van der Waals surface area contributed by atoms with Crippen molar-refractivity contribution in [1.82, 2.24) is 0 Å². The van der Waals surface area contributed by atoms with Gasteiger partial charge in [-0.1, -0.05) is 0 Å². The van der Waals surface area contributed by atoms with Gasteiger partial charge < -0.3 is 14.2 Å². The van der Waals surface area contributed by atoms with Crippen molar-refractivity contribution in [3.05, 3.63) is 29.8 Å². The molecule has 1 aromatic rings. The van der Waals surface area contributed by atoms with Gasteiger partial charge in [0, 0.05) is 12.2 Å². The number of alkyl halides is 1. The van der Waals surface area contributed by atoms with Crippen LogP contribution in [-0.2, 0) is 14.3 Å². The van der Waals surface area contributed by atoms with Gasteiger partial charge in [0.2, 0.25) is 0 Å². The van der Waals surface area contributed by atoms with Crippen molar-refractivity contribution in [3.8, 4) is 5.75 Å². The number of methoxy groups -OCH3 is 1. The van der Waals surface area contributed by atoms with Gasteiger partial charge in [0.1, 0.15) is 18.5 Å². The van der Waals surface area contributed by atoms with Gasteiger partial charge in [-0.2, -0.15) is 0 Å². The number of halogens is 1. The maximum atomic E-state index is 13.7. The first kappa shape index (κ1) is 16.6. The Morgan fingerprint density at radius 2 is 2.00 bits per heavy atom. The van der Waals surface area contributed by atoms with Crippen molar-refractivity contribution in [2.75, 3.05) is 13.7 Å². The molecule has 0 aliphatic carbocycles. The van der Waals surface area contributed by atoms with E-state index in [0.717, 1.165) is 0 Å². The molecule has 0 N–H and O–H groups in total. The van der Waals surface area contributed by atoms with E-state index in [9.17, 15) is 14.0 Å². The van der Waals surface area contributed by atoms with Crippen molar-refractivity contribution >= 4 is 23.7 Å². The molecular weight excluding hydrogens is 311 g/mol. The molecule has 1 aliphatic heterocycles. The normalized spacial score (nSPS) is 23.9. The first-order chi connectivity index (χ1) is 10.5. The van der Waals surface area contributed by atoms with Crippen LogP contribution in [0.1, 0.15) is 23.7 Å². The predicted molar refractivity (Wildman–Crippen MR) is 79.7 cm³/mol. The molecule has 0 bridgehead atoms. The maximum absolute atomic E-state index is 13.7. The average Bonchev–Trinajstić information content (AvgIpc) is 2.84. The Morgan fingerprint density at radius 3 is 2.59 bits per heavy atom. The highest BCUT2D eigenvalue weighted by atomic mass is 32.2. The molecule has 120 valence electrons. The van der Waals surface area contributed by atoms with Crippen LogP contribution in [-0.4, -0.2) is 42.5 Å². The lowest BCUT2D eigenvalue weighted by molar-refractivity contribution is -0.144. The van der Waals surface area contributed by atoms with Crippen molar-refractivity contribution in [1.29, 1.82) is 0 Å². The minimum Gasteiger partial charge on any atom is -0.497 e. The van der Waals surface area contributed by atoms with Crippen LogP contribution in [0.25, 0.3) is 0 Å². The Bertz CT molecular complexity index is 533. The largest absolute Gasteiger partial charge is 0.497 e. The highest BCUT2D eigenvalue weighted by Gasteiger charge is 2.38. The summed E-state index contributed by atoms with van der Waals surface area (Å²) in [5.41, 5.74) is -0.417. The molecule has 2 rings (SSSR count). The standard InChI is InChI=1S/C15H17FO5S/c1-9(17)21-15-13(16)7-12(22-15)8-20-14(18)10-3-5-11(19-2)6-4-10/h3-6,12-13,15H,7-8H2,1-2H3/t12-,13-,15+/m0/s1. The third-order valence-electron chi connectivity index (χ3n) is 3.12. The van der Waals surface area contributed by atoms with Crippen LogP contribution in [0, 0.1) is 0 Å². The zero-order valence-electron chi connectivity index (χ0n) is 12.3. The molecule has 0 spiro atoms. The van der Waals surface area contributed by atoms with Gasteiger partial charge in [-0.3, -0.25) is 4.79 Å². The summed E-state index contributed by atoms with van der Waals surface area (Å²) in [4.78, 5) is 22.7. The van der Waals surface area contributed by atoms with E-state index in [1.807, 2.05) is 0 Å². The Labute approximate surface area is 132 Å².